The lowest BCUT2D eigenvalue weighted by atomic mass is 9.99. The second-order valence-corrected chi connectivity index (χ2v) is 6.08. The van der Waals surface area contributed by atoms with Crippen molar-refractivity contribution in [2.24, 2.45) is 5.73 Å². The van der Waals surface area contributed by atoms with Gasteiger partial charge in [-0.25, -0.2) is 8.78 Å². The molecule has 0 fully saturated rings. The van der Waals surface area contributed by atoms with Gasteiger partial charge < -0.3 is 10.7 Å². The van der Waals surface area contributed by atoms with Gasteiger partial charge >= 0.3 is 0 Å². The number of nitrogens with two attached hydrogens (primary N) is 1. The van der Waals surface area contributed by atoms with E-state index in [9.17, 15) is 8.78 Å². The number of fused-ring (bicyclic) bond motifs is 1. The number of rotatable bonds is 6. The number of aromatic nitrogens is 1. The maximum atomic E-state index is 14.2. The van der Waals surface area contributed by atoms with Crippen LogP contribution in [0.4, 0.5) is 8.78 Å². The molecule has 0 amide bonds. The van der Waals surface area contributed by atoms with Crippen molar-refractivity contribution in [2.75, 3.05) is 6.54 Å². The highest BCUT2D eigenvalue weighted by Gasteiger charge is 2.16. The molecule has 1 aromatic heterocycles. The highest BCUT2D eigenvalue weighted by Crippen LogP contribution is 2.33. The van der Waals surface area contributed by atoms with Crippen molar-refractivity contribution in [3.05, 3.63) is 59.2 Å². The van der Waals surface area contributed by atoms with Crippen LogP contribution in [0.25, 0.3) is 22.2 Å². The van der Waals surface area contributed by atoms with Crippen molar-refractivity contribution in [2.45, 2.75) is 32.6 Å². The smallest absolute Gasteiger partial charge is 0.150 e. The molecule has 0 aliphatic rings. The minimum atomic E-state index is -0.554. The lowest BCUT2D eigenvalue weighted by Crippen LogP contribution is -1.99. The maximum absolute atomic E-state index is 14.2. The zero-order chi connectivity index (χ0) is 17.1. The van der Waals surface area contributed by atoms with Gasteiger partial charge in [0.05, 0.1) is 5.52 Å². The summed E-state index contributed by atoms with van der Waals surface area (Å²) in [5.74, 6) is -1.10. The van der Waals surface area contributed by atoms with Crippen LogP contribution in [-0.4, -0.2) is 11.5 Å². The van der Waals surface area contributed by atoms with Crippen molar-refractivity contribution in [1.82, 2.24) is 4.98 Å². The van der Waals surface area contributed by atoms with Crippen molar-refractivity contribution >= 4 is 10.9 Å². The average Bonchev–Trinajstić information content (AvgIpc) is 2.94. The molecular formula is C20H22F2N2. The van der Waals surface area contributed by atoms with E-state index >= 15 is 0 Å². The summed E-state index contributed by atoms with van der Waals surface area (Å²) in [7, 11) is 0. The van der Waals surface area contributed by atoms with Crippen molar-refractivity contribution < 1.29 is 8.78 Å². The topological polar surface area (TPSA) is 41.8 Å². The van der Waals surface area contributed by atoms with Crippen LogP contribution in [0.15, 0.2) is 36.4 Å². The SMILES string of the molecule is CCc1ccc(-c2[nH]c3c(F)cc(F)cc3c2CCCCN)cc1. The van der Waals surface area contributed by atoms with Crippen LogP contribution in [0.3, 0.4) is 0 Å². The lowest BCUT2D eigenvalue weighted by molar-refractivity contribution is 0.591. The number of hydrogen-bond donors (Lipinski definition) is 2. The molecule has 3 rings (SSSR count). The van der Waals surface area contributed by atoms with Crippen LogP contribution in [-0.2, 0) is 12.8 Å². The quantitative estimate of drug-likeness (QED) is 0.617. The van der Waals surface area contributed by atoms with Gasteiger partial charge in [-0.1, -0.05) is 31.2 Å². The summed E-state index contributed by atoms with van der Waals surface area (Å²) in [6, 6.07) is 10.5. The molecule has 0 spiro atoms. The van der Waals surface area contributed by atoms with Crippen molar-refractivity contribution in [3.63, 3.8) is 0 Å². The van der Waals surface area contributed by atoms with Crippen LogP contribution in [0.5, 0.6) is 0 Å². The minimum absolute atomic E-state index is 0.369. The molecule has 0 bridgehead atoms. The summed E-state index contributed by atoms with van der Waals surface area (Å²) >= 11 is 0. The number of nitrogens with one attached hydrogen (secondary N) is 1. The van der Waals surface area contributed by atoms with Gasteiger partial charge in [-0.3, -0.25) is 0 Å². The molecule has 0 aliphatic carbocycles. The van der Waals surface area contributed by atoms with E-state index in [0.29, 0.717) is 17.4 Å². The fraction of sp³-hybridized carbons (Fsp3) is 0.300. The molecule has 1 heterocycles. The predicted octanol–water partition coefficient (Wildman–Crippen LogP) is 4.96. The number of H-pyrrole nitrogens is 1. The molecule has 126 valence electrons. The van der Waals surface area contributed by atoms with Gasteiger partial charge in [0.2, 0.25) is 0 Å². The minimum Gasteiger partial charge on any atom is -0.352 e. The maximum Gasteiger partial charge on any atom is 0.150 e. The van der Waals surface area contributed by atoms with E-state index in [1.54, 1.807) is 0 Å². The summed E-state index contributed by atoms with van der Waals surface area (Å²) in [4.78, 5) is 3.17. The lowest BCUT2D eigenvalue weighted by Gasteiger charge is -2.06. The first-order valence-corrected chi connectivity index (χ1v) is 8.43. The van der Waals surface area contributed by atoms with Gasteiger partial charge in [-0.15, -0.1) is 0 Å². The summed E-state index contributed by atoms with van der Waals surface area (Å²) in [5.41, 5.74) is 10.0. The van der Waals surface area contributed by atoms with Gasteiger partial charge in [0.15, 0.2) is 0 Å². The van der Waals surface area contributed by atoms with E-state index in [-0.39, 0.29) is 0 Å². The molecule has 0 atom stereocenters. The molecule has 3 N–H and O–H groups in total. The zero-order valence-electron chi connectivity index (χ0n) is 13.8. The Bertz CT molecular complexity index is 835. The van der Waals surface area contributed by atoms with Crippen LogP contribution < -0.4 is 5.73 Å². The summed E-state index contributed by atoms with van der Waals surface area (Å²) in [6.45, 7) is 2.72. The Morgan fingerprint density at radius 3 is 2.46 bits per heavy atom. The second-order valence-electron chi connectivity index (χ2n) is 6.08. The molecule has 2 aromatic carbocycles. The number of unbranched alkanes of at least 4 members (excludes halogenated alkanes) is 1. The van der Waals surface area contributed by atoms with Gasteiger partial charge in [-0.2, -0.15) is 0 Å². The van der Waals surface area contributed by atoms with E-state index in [2.05, 4.69) is 24.0 Å². The third kappa shape index (κ3) is 3.20. The predicted molar refractivity (Wildman–Crippen MR) is 95.0 cm³/mol. The summed E-state index contributed by atoms with van der Waals surface area (Å²) in [5, 5.41) is 0.624. The Morgan fingerprint density at radius 1 is 1.04 bits per heavy atom. The molecule has 0 saturated heterocycles. The van der Waals surface area contributed by atoms with Crippen LogP contribution in [0.1, 0.15) is 30.9 Å². The molecule has 0 saturated carbocycles. The normalized spacial score (nSPS) is 11.3. The highest BCUT2D eigenvalue weighted by atomic mass is 19.1. The number of halogens is 2. The van der Waals surface area contributed by atoms with E-state index < -0.39 is 11.6 Å². The Labute approximate surface area is 140 Å². The number of aromatic amines is 1. The fourth-order valence-electron chi connectivity index (χ4n) is 3.13. The monoisotopic (exact) mass is 328 g/mol. The van der Waals surface area contributed by atoms with Gasteiger partial charge in [0, 0.05) is 17.1 Å². The number of benzene rings is 2. The van der Waals surface area contributed by atoms with Gasteiger partial charge in [-0.05, 0) is 55.0 Å². The fourth-order valence-corrected chi connectivity index (χ4v) is 3.13. The van der Waals surface area contributed by atoms with E-state index in [1.165, 1.54) is 11.6 Å². The van der Waals surface area contributed by atoms with Crippen LogP contribution in [0.2, 0.25) is 0 Å². The zero-order valence-corrected chi connectivity index (χ0v) is 13.8. The Morgan fingerprint density at radius 2 is 1.79 bits per heavy atom. The highest BCUT2D eigenvalue weighted by molar-refractivity contribution is 5.91. The number of hydrogen-bond acceptors (Lipinski definition) is 1. The first-order chi connectivity index (χ1) is 11.6. The molecule has 0 radical (unpaired) electrons. The van der Waals surface area contributed by atoms with Crippen molar-refractivity contribution in [3.8, 4) is 11.3 Å². The standard InChI is InChI=1S/C20H22F2N2/c1-2-13-6-8-14(9-7-13)19-16(5-3-4-10-23)17-11-15(21)12-18(22)20(17)24-19/h6-9,11-12,24H,2-5,10,23H2,1H3. The molecule has 2 nitrogen and oxygen atoms in total. The largest absolute Gasteiger partial charge is 0.352 e. The molecule has 0 unspecified atom stereocenters. The molecule has 3 aromatic rings. The number of aryl methyl sites for hydroxylation is 2. The molecule has 4 heteroatoms. The first-order valence-electron chi connectivity index (χ1n) is 8.43. The van der Waals surface area contributed by atoms with Gasteiger partial charge in [0.1, 0.15) is 11.6 Å². The Balaban J connectivity index is 2.13. The van der Waals surface area contributed by atoms with Crippen LogP contribution >= 0.6 is 0 Å². The molecular weight excluding hydrogens is 306 g/mol. The first kappa shape index (κ1) is 16.7. The summed E-state index contributed by atoms with van der Waals surface area (Å²) < 4.78 is 27.9. The van der Waals surface area contributed by atoms with E-state index in [4.69, 9.17) is 5.73 Å². The van der Waals surface area contributed by atoms with Gasteiger partial charge in [0.25, 0.3) is 0 Å². The second kappa shape index (κ2) is 7.14. The summed E-state index contributed by atoms with van der Waals surface area (Å²) in [6.07, 6.45) is 3.49. The third-order valence-corrected chi connectivity index (χ3v) is 4.46. The van der Waals surface area contributed by atoms with Crippen molar-refractivity contribution in [1.29, 1.82) is 0 Å². The molecule has 0 aliphatic heterocycles. The average molecular weight is 328 g/mol. The third-order valence-electron chi connectivity index (χ3n) is 4.46. The van der Waals surface area contributed by atoms with E-state index in [0.717, 1.165) is 48.6 Å². The Kier molecular flexibility index (Phi) is 4.95. The van der Waals surface area contributed by atoms with Crippen LogP contribution in [0, 0.1) is 11.6 Å². The molecule has 24 heavy (non-hydrogen) atoms. The van der Waals surface area contributed by atoms with E-state index in [1.807, 2.05) is 12.1 Å². The Hall–Kier alpha value is -2.20.